The van der Waals surface area contributed by atoms with Crippen molar-refractivity contribution in [2.45, 2.75) is 13.0 Å². The maximum atomic E-state index is 10.8. The molecule has 1 aromatic carbocycles. The van der Waals surface area contributed by atoms with Crippen LogP contribution in [0.1, 0.15) is 6.92 Å². The molecule has 96 valence electrons. The average molecular weight is 250 g/mol. The van der Waals surface area contributed by atoms with Crippen LogP contribution in [0.3, 0.4) is 0 Å². The van der Waals surface area contributed by atoms with Gasteiger partial charge in [-0.3, -0.25) is 4.68 Å². The molecule has 6 heteroatoms. The van der Waals surface area contributed by atoms with Gasteiger partial charge in [-0.15, -0.1) is 5.10 Å². The fourth-order valence-electron chi connectivity index (χ4n) is 1.64. The molecule has 1 atom stereocenters. The summed E-state index contributed by atoms with van der Waals surface area (Å²) in [5.74, 6) is -0.0682. The Morgan fingerprint density at radius 3 is 2.83 bits per heavy atom. The molecular formula is C12H14N2O4. The molecule has 2 aromatic rings. The minimum absolute atomic E-state index is 0.293. The Morgan fingerprint density at radius 1 is 1.50 bits per heavy atom. The van der Waals surface area contributed by atoms with Crippen LogP contribution in [0.15, 0.2) is 18.2 Å². The maximum Gasteiger partial charge on any atom is 0.344 e. The zero-order valence-corrected chi connectivity index (χ0v) is 10.4. The largest absolute Gasteiger partial charge is 0.497 e. The zero-order valence-electron chi connectivity index (χ0n) is 10.4. The van der Waals surface area contributed by atoms with Crippen LogP contribution < -0.4 is 9.47 Å². The molecule has 0 saturated carbocycles. The number of rotatable bonds is 4. The SMILES string of the molecule is COc1ccc2c(c1)c(OC(C)C(=O)O)nn2C. The Balaban J connectivity index is 2.46. The first-order valence-corrected chi connectivity index (χ1v) is 5.43. The van der Waals surface area contributed by atoms with E-state index in [0.29, 0.717) is 11.6 Å². The smallest absolute Gasteiger partial charge is 0.344 e. The summed E-state index contributed by atoms with van der Waals surface area (Å²) in [5, 5.41) is 13.7. The lowest BCUT2D eigenvalue weighted by atomic mass is 10.2. The first-order chi connectivity index (χ1) is 8.52. The number of carbonyl (C=O) groups is 1. The number of hydrogen-bond donors (Lipinski definition) is 1. The molecule has 2 rings (SSSR count). The predicted molar refractivity (Wildman–Crippen MR) is 65.0 cm³/mol. The third kappa shape index (κ3) is 2.09. The van der Waals surface area contributed by atoms with Gasteiger partial charge in [0.05, 0.1) is 18.0 Å². The van der Waals surface area contributed by atoms with Gasteiger partial charge in [-0.05, 0) is 25.1 Å². The van der Waals surface area contributed by atoms with Crippen LogP contribution in [0.4, 0.5) is 0 Å². The van der Waals surface area contributed by atoms with E-state index in [1.807, 2.05) is 12.1 Å². The third-order valence-corrected chi connectivity index (χ3v) is 2.66. The second kappa shape index (κ2) is 4.56. The number of fused-ring (bicyclic) bond motifs is 1. The van der Waals surface area contributed by atoms with Crippen LogP contribution in [-0.2, 0) is 11.8 Å². The van der Waals surface area contributed by atoms with Crippen molar-refractivity contribution in [1.82, 2.24) is 9.78 Å². The third-order valence-electron chi connectivity index (χ3n) is 2.66. The van der Waals surface area contributed by atoms with Gasteiger partial charge in [-0.25, -0.2) is 4.79 Å². The van der Waals surface area contributed by atoms with Crippen molar-refractivity contribution >= 4 is 16.9 Å². The summed E-state index contributed by atoms with van der Waals surface area (Å²) in [6, 6.07) is 5.43. The maximum absolute atomic E-state index is 10.8. The number of aromatic nitrogens is 2. The fourth-order valence-corrected chi connectivity index (χ4v) is 1.64. The number of benzene rings is 1. The van der Waals surface area contributed by atoms with Gasteiger partial charge in [0.1, 0.15) is 5.75 Å². The van der Waals surface area contributed by atoms with Gasteiger partial charge >= 0.3 is 5.97 Å². The Kier molecular flexibility index (Phi) is 3.10. The Labute approximate surface area is 104 Å². The summed E-state index contributed by atoms with van der Waals surface area (Å²) < 4.78 is 12.1. The standard InChI is InChI=1S/C12H14N2O4/c1-7(12(15)16)18-11-9-6-8(17-3)4-5-10(9)14(2)13-11/h4-7H,1-3H3,(H,15,16). The lowest BCUT2D eigenvalue weighted by Gasteiger charge is -2.07. The minimum atomic E-state index is -1.03. The summed E-state index contributed by atoms with van der Waals surface area (Å²) >= 11 is 0. The summed E-state index contributed by atoms with van der Waals surface area (Å²) in [7, 11) is 3.34. The van der Waals surface area contributed by atoms with E-state index in [1.54, 1.807) is 24.9 Å². The van der Waals surface area contributed by atoms with Gasteiger partial charge in [0, 0.05) is 7.05 Å². The number of ether oxygens (including phenoxy) is 2. The number of aliphatic carboxylic acids is 1. The van der Waals surface area contributed by atoms with Crippen molar-refractivity contribution in [2.75, 3.05) is 7.11 Å². The van der Waals surface area contributed by atoms with Crippen molar-refractivity contribution in [3.8, 4) is 11.6 Å². The number of methoxy groups -OCH3 is 1. The number of aryl methyl sites for hydroxylation is 1. The molecule has 0 bridgehead atoms. The highest BCUT2D eigenvalue weighted by molar-refractivity contribution is 5.86. The van der Waals surface area contributed by atoms with Crippen LogP contribution >= 0.6 is 0 Å². The molecule has 0 spiro atoms. The summed E-state index contributed by atoms with van der Waals surface area (Å²) in [4.78, 5) is 10.8. The molecule has 0 saturated heterocycles. The van der Waals surface area contributed by atoms with Crippen molar-refractivity contribution in [2.24, 2.45) is 7.05 Å². The topological polar surface area (TPSA) is 73.6 Å². The molecule has 0 aliphatic carbocycles. The summed E-state index contributed by atoms with van der Waals surface area (Å²) in [5.41, 5.74) is 0.850. The van der Waals surface area contributed by atoms with E-state index < -0.39 is 12.1 Å². The quantitative estimate of drug-likeness (QED) is 0.888. The minimum Gasteiger partial charge on any atom is -0.497 e. The Bertz CT molecular complexity index is 591. The predicted octanol–water partition coefficient (Wildman–Crippen LogP) is 1.43. The van der Waals surface area contributed by atoms with E-state index in [0.717, 1.165) is 10.9 Å². The van der Waals surface area contributed by atoms with Crippen molar-refractivity contribution in [3.05, 3.63) is 18.2 Å². The number of carboxylic acid groups (broad SMARTS) is 1. The van der Waals surface area contributed by atoms with E-state index >= 15 is 0 Å². The molecule has 0 aliphatic rings. The first-order valence-electron chi connectivity index (χ1n) is 5.43. The van der Waals surface area contributed by atoms with Gasteiger partial charge < -0.3 is 14.6 Å². The van der Waals surface area contributed by atoms with E-state index in [9.17, 15) is 4.79 Å². The second-order valence-electron chi connectivity index (χ2n) is 3.91. The van der Waals surface area contributed by atoms with Crippen molar-refractivity contribution in [3.63, 3.8) is 0 Å². The lowest BCUT2D eigenvalue weighted by molar-refractivity contribution is -0.144. The molecule has 1 aromatic heterocycles. The molecule has 0 fully saturated rings. The van der Waals surface area contributed by atoms with E-state index in [2.05, 4.69) is 5.10 Å². The van der Waals surface area contributed by atoms with Crippen LogP contribution in [0, 0.1) is 0 Å². The molecule has 1 N–H and O–H groups in total. The van der Waals surface area contributed by atoms with Gasteiger partial charge in [0.2, 0.25) is 5.88 Å². The summed E-state index contributed by atoms with van der Waals surface area (Å²) in [6.07, 6.45) is -0.950. The number of carboxylic acids is 1. The molecule has 0 amide bonds. The van der Waals surface area contributed by atoms with Crippen LogP contribution in [0.2, 0.25) is 0 Å². The van der Waals surface area contributed by atoms with Crippen LogP contribution in [0.5, 0.6) is 11.6 Å². The highest BCUT2D eigenvalue weighted by Gasteiger charge is 2.17. The molecule has 0 aliphatic heterocycles. The van der Waals surface area contributed by atoms with Gasteiger partial charge in [-0.1, -0.05) is 0 Å². The van der Waals surface area contributed by atoms with Gasteiger partial charge in [0.25, 0.3) is 0 Å². The molecular weight excluding hydrogens is 236 g/mol. The average Bonchev–Trinajstić information content (AvgIpc) is 2.65. The first kappa shape index (κ1) is 12.2. The Hall–Kier alpha value is -2.24. The van der Waals surface area contributed by atoms with Gasteiger partial charge in [0.15, 0.2) is 6.10 Å². The molecule has 1 unspecified atom stereocenters. The van der Waals surface area contributed by atoms with Gasteiger partial charge in [-0.2, -0.15) is 0 Å². The Morgan fingerprint density at radius 2 is 2.22 bits per heavy atom. The van der Waals surface area contributed by atoms with E-state index in [4.69, 9.17) is 14.6 Å². The second-order valence-corrected chi connectivity index (χ2v) is 3.91. The summed E-state index contributed by atoms with van der Waals surface area (Å²) in [6.45, 7) is 1.46. The molecule has 1 heterocycles. The normalized spacial score (nSPS) is 12.4. The fraction of sp³-hybridized carbons (Fsp3) is 0.333. The van der Waals surface area contributed by atoms with Crippen LogP contribution in [-0.4, -0.2) is 34.1 Å². The molecule has 6 nitrogen and oxygen atoms in total. The number of hydrogen-bond acceptors (Lipinski definition) is 4. The molecule has 0 radical (unpaired) electrons. The van der Waals surface area contributed by atoms with Crippen LogP contribution in [0.25, 0.3) is 10.9 Å². The zero-order chi connectivity index (χ0) is 13.3. The highest BCUT2D eigenvalue weighted by atomic mass is 16.5. The molecule has 18 heavy (non-hydrogen) atoms. The van der Waals surface area contributed by atoms with Crippen molar-refractivity contribution in [1.29, 1.82) is 0 Å². The highest BCUT2D eigenvalue weighted by Crippen LogP contribution is 2.28. The number of nitrogens with zero attached hydrogens (tertiary/aromatic N) is 2. The monoisotopic (exact) mass is 250 g/mol. The van der Waals surface area contributed by atoms with E-state index in [1.165, 1.54) is 6.92 Å². The van der Waals surface area contributed by atoms with Crippen molar-refractivity contribution < 1.29 is 19.4 Å². The van der Waals surface area contributed by atoms with E-state index in [-0.39, 0.29) is 0 Å². The lowest BCUT2D eigenvalue weighted by Crippen LogP contribution is -2.23.